The van der Waals surface area contributed by atoms with Gasteiger partial charge in [-0.3, -0.25) is 10.1 Å². The van der Waals surface area contributed by atoms with Gasteiger partial charge < -0.3 is 9.55 Å². The number of hydrogen-bond donors (Lipinski definition) is 1. The van der Waals surface area contributed by atoms with Gasteiger partial charge in [0.05, 0.1) is 38.7 Å². The Balaban J connectivity index is 1.59. The Hall–Kier alpha value is -7.12. The van der Waals surface area contributed by atoms with Gasteiger partial charge in [0.1, 0.15) is 0 Å². The quantitative estimate of drug-likeness (QED) is 0.147. The number of hydrogen-bond acceptors (Lipinski definition) is 4. The lowest BCUT2D eigenvalue weighted by Crippen LogP contribution is -1.97. The van der Waals surface area contributed by atoms with E-state index in [1.165, 1.54) is 0 Å². The lowest BCUT2D eigenvalue weighted by Gasteiger charge is -2.13. The van der Waals surface area contributed by atoms with Crippen LogP contribution in [0.5, 0.6) is 0 Å². The molecule has 0 unspecified atom stereocenters. The first-order valence-corrected chi connectivity index (χ1v) is 16.7. The van der Waals surface area contributed by atoms with Gasteiger partial charge in [0.15, 0.2) is 0 Å². The number of H-pyrrole nitrogens is 1. The molecule has 242 valence electrons. The molecule has 0 aliphatic carbocycles. The minimum absolute atomic E-state index is 0.0233. The van der Waals surface area contributed by atoms with Crippen molar-refractivity contribution in [2.75, 3.05) is 0 Å². The number of nitro groups is 1. The standard InChI is InChI=1S/C44H29N5O2/c50-49(51)38-23-16-31(17-24-38)41-39-25-22-35(47-39)27-34-19-18-32(45-34)26-33-20-21-36(46-33)28-40-42(29-10-4-1-5-11-29)43(30-12-6-2-7-13-30)44(41)48(40)37-14-8-3-9-15-37/h1-28,45H. The highest BCUT2D eigenvalue weighted by Crippen LogP contribution is 2.47. The number of nitrogens with zero attached hydrogens (tertiary/aromatic N) is 4. The molecule has 0 atom stereocenters. The van der Waals surface area contributed by atoms with Gasteiger partial charge in [0.25, 0.3) is 5.69 Å². The summed E-state index contributed by atoms with van der Waals surface area (Å²) in [5.74, 6) is 0. The van der Waals surface area contributed by atoms with E-state index >= 15 is 0 Å². The molecule has 9 rings (SSSR count). The molecule has 0 saturated heterocycles. The zero-order chi connectivity index (χ0) is 34.3. The van der Waals surface area contributed by atoms with E-state index in [2.05, 4.69) is 76.3 Å². The Morgan fingerprint density at radius 3 is 1.69 bits per heavy atom. The SMILES string of the molecule is O=[N+]([O-])c1ccc(-c2c3nc(cc4ccc(cc5nc(cc6c(-c7ccccc7)c(-c7ccccc7)c2n6-c2ccccc2)C=C5)[nH]4)C=C3)cc1. The number of fused-ring (bicyclic) bond motifs is 8. The van der Waals surface area contributed by atoms with Crippen molar-refractivity contribution in [1.29, 1.82) is 0 Å². The van der Waals surface area contributed by atoms with Crippen molar-refractivity contribution in [3.05, 3.63) is 178 Å². The van der Waals surface area contributed by atoms with E-state index in [0.717, 1.165) is 83.9 Å². The Morgan fingerprint density at radius 1 is 0.529 bits per heavy atom. The molecule has 7 heteroatoms. The first-order valence-electron chi connectivity index (χ1n) is 16.7. The third-order valence-corrected chi connectivity index (χ3v) is 9.17. The van der Waals surface area contributed by atoms with Crippen molar-refractivity contribution < 1.29 is 4.92 Å². The minimum Gasteiger partial charge on any atom is -0.355 e. The third kappa shape index (κ3) is 5.53. The van der Waals surface area contributed by atoms with E-state index in [1.54, 1.807) is 12.1 Å². The molecule has 8 bridgehead atoms. The average molecular weight is 660 g/mol. The van der Waals surface area contributed by atoms with Crippen LogP contribution in [0.2, 0.25) is 0 Å². The predicted molar refractivity (Wildman–Crippen MR) is 207 cm³/mol. The van der Waals surface area contributed by atoms with E-state index in [4.69, 9.17) is 9.97 Å². The van der Waals surface area contributed by atoms with E-state index in [9.17, 15) is 10.1 Å². The van der Waals surface area contributed by atoms with Crippen LogP contribution < -0.4 is 0 Å². The molecule has 0 fully saturated rings. The molecule has 4 aromatic carbocycles. The number of aromatic nitrogens is 4. The van der Waals surface area contributed by atoms with Crippen LogP contribution in [0.1, 0.15) is 22.8 Å². The van der Waals surface area contributed by atoms with Crippen LogP contribution >= 0.6 is 0 Å². The smallest absolute Gasteiger partial charge is 0.269 e. The van der Waals surface area contributed by atoms with Crippen molar-refractivity contribution in [1.82, 2.24) is 19.5 Å². The van der Waals surface area contributed by atoms with Crippen molar-refractivity contribution in [2.24, 2.45) is 0 Å². The molecule has 7 nitrogen and oxygen atoms in total. The highest BCUT2D eigenvalue weighted by molar-refractivity contribution is 6.10. The second-order valence-electron chi connectivity index (χ2n) is 12.4. The van der Waals surface area contributed by atoms with Gasteiger partial charge >= 0.3 is 0 Å². The third-order valence-electron chi connectivity index (χ3n) is 9.17. The van der Waals surface area contributed by atoms with Crippen LogP contribution in [0.4, 0.5) is 5.69 Å². The van der Waals surface area contributed by atoms with Crippen molar-refractivity contribution in [2.45, 2.75) is 0 Å². The largest absolute Gasteiger partial charge is 0.355 e. The van der Waals surface area contributed by atoms with Crippen LogP contribution in [0.25, 0.3) is 85.4 Å². The molecule has 0 amide bonds. The van der Waals surface area contributed by atoms with Crippen molar-refractivity contribution >= 4 is 52.1 Å². The first-order chi connectivity index (χ1) is 25.1. The number of aromatic amines is 1. The first kappa shape index (κ1) is 30.0. The van der Waals surface area contributed by atoms with E-state index in [1.807, 2.05) is 91.0 Å². The molecule has 7 aromatic rings. The lowest BCUT2D eigenvalue weighted by molar-refractivity contribution is -0.384. The summed E-state index contributed by atoms with van der Waals surface area (Å²) in [4.78, 5) is 25.2. The zero-order valence-corrected chi connectivity index (χ0v) is 27.3. The molecule has 0 radical (unpaired) electrons. The van der Waals surface area contributed by atoms with Crippen LogP contribution in [0.15, 0.2) is 146 Å². The molecule has 51 heavy (non-hydrogen) atoms. The maximum absolute atomic E-state index is 11.8. The van der Waals surface area contributed by atoms with Gasteiger partial charge in [-0.25, -0.2) is 9.97 Å². The Morgan fingerprint density at radius 2 is 1.06 bits per heavy atom. The van der Waals surface area contributed by atoms with Crippen LogP contribution in [0, 0.1) is 10.1 Å². The summed E-state index contributed by atoms with van der Waals surface area (Å²) < 4.78 is 2.29. The molecular formula is C44H29N5O2. The summed E-state index contributed by atoms with van der Waals surface area (Å²) in [6.45, 7) is 0. The topological polar surface area (TPSA) is 89.6 Å². The summed E-state index contributed by atoms with van der Waals surface area (Å²) in [6, 6.07) is 48.2. The van der Waals surface area contributed by atoms with Gasteiger partial charge in [-0.1, -0.05) is 78.9 Å². The summed E-state index contributed by atoms with van der Waals surface area (Å²) in [5, 5.41) is 11.8. The predicted octanol–water partition coefficient (Wildman–Crippen LogP) is 11.0. The highest BCUT2D eigenvalue weighted by Gasteiger charge is 2.25. The van der Waals surface area contributed by atoms with Gasteiger partial charge in [0, 0.05) is 45.5 Å². The normalized spacial score (nSPS) is 11.9. The molecular weight excluding hydrogens is 631 g/mol. The Kier molecular flexibility index (Phi) is 7.29. The summed E-state index contributed by atoms with van der Waals surface area (Å²) >= 11 is 0. The summed E-state index contributed by atoms with van der Waals surface area (Å²) in [6.07, 6.45) is 8.12. The number of nitrogens with one attached hydrogen (secondary N) is 1. The second kappa shape index (κ2) is 12.4. The van der Waals surface area contributed by atoms with E-state index in [-0.39, 0.29) is 10.6 Å². The second-order valence-corrected chi connectivity index (χ2v) is 12.4. The van der Waals surface area contributed by atoms with Crippen LogP contribution in [-0.4, -0.2) is 24.4 Å². The zero-order valence-electron chi connectivity index (χ0n) is 27.3. The molecule has 3 aromatic heterocycles. The fourth-order valence-electron chi connectivity index (χ4n) is 6.96. The van der Waals surface area contributed by atoms with E-state index < -0.39 is 0 Å². The van der Waals surface area contributed by atoms with Gasteiger partial charge in [-0.15, -0.1) is 0 Å². The molecule has 0 saturated carbocycles. The fraction of sp³-hybridized carbons (Fsp3) is 0. The maximum Gasteiger partial charge on any atom is 0.269 e. The molecule has 2 aliphatic heterocycles. The van der Waals surface area contributed by atoms with Crippen LogP contribution in [-0.2, 0) is 0 Å². The monoisotopic (exact) mass is 659 g/mol. The molecule has 0 spiro atoms. The van der Waals surface area contributed by atoms with Crippen molar-refractivity contribution in [3.8, 4) is 39.1 Å². The molecule has 2 aliphatic rings. The van der Waals surface area contributed by atoms with E-state index in [0.29, 0.717) is 0 Å². The van der Waals surface area contributed by atoms with Crippen LogP contribution in [0.3, 0.4) is 0 Å². The van der Waals surface area contributed by atoms with Gasteiger partial charge in [-0.05, 0) is 95.6 Å². The number of benzene rings is 4. The number of rotatable bonds is 5. The number of non-ortho nitro benzene ring substituents is 1. The Labute approximate surface area is 293 Å². The number of para-hydroxylation sites is 1. The van der Waals surface area contributed by atoms with Crippen molar-refractivity contribution in [3.63, 3.8) is 0 Å². The highest BCUT2D eigenvalue weighted by atomic mass is 16.6. The van der Waals surface area contributed by atoms with Gasteiger partial charge in [0.2, 0.25) is 0 Å². The maximum atomic E-state index is 11.8. The number of nitro benzene ring substituents is 1. The summed E-state index contributed by atoms with van der Waals surface area (Å²) in [7, 11) is 0. The Bertz CT molecular complexity index is 2690. The van der Waals surface area contributed by atoms with Gasteiger partial charge in [-0.2, -0.15) is 0 Å². The average Bonchev–Trinajstić information content (AvgIpc) is 3.98. The molecule has 5 heterocycles. The fourth-order valence-corrected chi connectivity index (χ4v) is 6.96. The minimum atomic E-state index is -0.368. The summed E-state index contributed by atoms with van der Waals surface area (Å²) in [5.41, 5.74) is 13.6. The molecule has 1 N–H and O–H groups in total. The lowest BCUT2D eigenvalue weighted by atomic mass is 9.93.